The van der Waals surface area contributed by atoms with Crippen molar-refractivity contribution >= 4 is 5.91 Å². The molecule has 4 atom stereocenters. The SMILES string of the molecule is CC(=O)N[C@@H]1C[C@@H]2CN(Cc3cccc(Oc4ccccc4)c3)C[C@@H]2C[C@H]1O. The van der Waals surface area contributed by atoms with Gasteiger partial charge >= 0.3 is 0 Å². The first-order chi connectivity index (χ1) is 13.6. The fourth-order valence-electron chi connectivity index (χ4n) is 4.66. The molecular weight excluding hydrogens is 352 g/mol. The molecule has 2 aliphatic rings. The van der Waals surface area contributed by atoms with Gasteiger partial charge in [0.15, 0.2) is 0 Å². The minimum absolute atomic E-state index is 0.0624. The molecule has 1 heterocycles. The summed E-state index contributed by atoms with van der Waals surface area (Å²) >= 11 is 0. The van der Waals surface area contributed by atoms with Gasteiger partial charge in [0.25, 0.3) is 0 Å². The normalized spacial score (nSPS) is 27.2. The Morgan fingerprint density at radius 1 is 1.07 bits per heavy atom. The van der Waals surface area contributed by atoms with Crippen molar-refractivity contribution in [3.63, 3.8) is 0 Å². The van der Waals surface area contributed by atoms with Crippen molar-refractivity contribution in [3.8, 4) is 11.5 Å². The summed E-state index contributed by atoms with van der Waals surface area (Å²) in [6, 6.07) is 18.0. The second-order valence-electron chi connectivity index (χ2n) is 8.12. The van der Waals surface area contributed by atoms with E-state index in [1.807, 2.05) is 42.5 Å². The van der Waals surface area contributed by atoms with E-state index in [0.717, 1.165) is 44.0 Å². The van der Waals surface area contributed by atoms with Gasteiger partial charge in [-0.25, -0.2) is 0 Å². The Morgan fingerprint density at radius 3 is 2.54 bits per heavy atom. The summed E-state index contributed by atoms with van der Waals surface area (Å²) in [5.74, 6) is 2.66. The van der Waals surface area contributed by atoms with E-state index in [0.29, 0.717) is 11.8 Å². The number of amides is 1. The van der Waals surface area contributed by atoms with Crippen LogP contribution in [-0.4, -0.2) is 41.1 Å². The fourth-order valence-corrected chi connectivity index (χ4v) is 4.66. The molecule has 2 aromatic rings. The average molecular weight is 380 g/mol. The van der Waals surface area contributed by atoms with Gasteiger partial charge < -0.3 is 15.2 Å². The number of benzene rings is 2. The molecule has 0 bridgehead atoms. The number of carbonyl (C=O) groups is 1. The van der Waals surface area contributed by atoms with Crippen LogP contribution in [0.3, 0.4) is 0 Å². The van der Waals surface area contributed by atoms with Crippen LogP contribution in [0.25, 0.3) is 0 Å². The number of rotatable bonds is 5. The molecular formula is C23H28N2O3. The molecule has 28 heavy (non-hydrogen) atoms. The van der Waals surface area contributed by atoms with E-state index in [9.17, 15) is 9.90 Å². The second-order valence-corrected chi connectivity index (χ2v) is 8.12. The molecule has 4 rings (SSSR count). The van der Waals surface area contributed by atoms with Gasteiger partial charge in [-0.05, 0) is 54.5 Å². The molecule has 2 aromatic carbocycles. The van der Waals surface area contributed by atoms with Crippen molar-refractivity contribution in [2.24, 2.45) is 11.8 Å². The van der Waals surface area contributed by atoms with Gasteiger partial charge in [0, 0.05) is 26.6 Å². The van der Waals surface area contributed by atoms with Crippen LogP contribution in [0.1, 0.15) is 25.3 Å². The molecule has 0 radical (unpaired) electrons. The van der Waals surface area contributed by atoms with Gasteiger partial charge in [-0.3, -0.25) is 9.69 Å². The molecule has 0 unspecified atom stereocenters. The number of hydrogen-bond donors (Lipinski definition) is 2. The predicted molar refractivity (Wildman–Crippen MR) is 108 cm³/mol. The summed E-state index contributed by atoms with van der Waals surface area (Å²) in [4.78, 5) is 13.8. The number of nitrogens with zero attached hydrogens (tertiary/aromatic N) is 1. The molecule has 0 aromatic heterocycles. The van der Waals surface area contributed by atoms with E-state index in [4.69, 9.17) is 4.74 Å². The third kappa shape index (κ3) is 4.54. The van der Waals surface area contributed by atoms with Crippen LogP contribution >= 0.6 is 0 Å². The van der Waals surface area contributed by atoms with Crippen molar-refractivity contribution in [2.75, 3.05) is 13.1 Å². The van der Waals surface area contributed by atoms with Crippen molar-refractivity contribution in [3.05, 3.63) is 60.2 Å². The lowest BCUT2D eigenvalue weighted by Gasteiger charge is -2.35. The van der Waals surface area contributed by atoms with Crippen LogP contribution < -0.4 is 10.1 Å². The van der Waals surface area contributed by atoms with Crippen LogP contribution in [-0.2, 0) is 11.3 Å². The van der Waals surface area contributed by atoms with E-state index in [-0.39, 0.29) is 11.9 Å². The number of ether oxygens (including phenoxy) is 1. The van der Waals surface area contributed by atoms with Gasteiger partial charge in [-0.1, -0.05) is 30.3 Å². The first-order valence-electron chi connectivity index (χ1n) is 10.1. The van der Waals surface area contributed by atoms with Crippen molar-refractivity contribution in [1.82, 2.24) is 10.2 Å². The van der Waals surface area contributed by atoms with Gasteiger partial charge in [-0.2, -0.15) is 0 Å². The number of para-hydroxylation sites is 1. The van der Waals surface area contributed by atoms with Crippen LogP contribution in [0.15, 0.2) is 54.6 Å². The maximum Gasteiger partial charge on any atom is 0.217 e. The molecule has 5 nitrogen and oxygen atoms in total. The molecule has 1 saturated carbocycles. The highest BCUT2D eigenvalue weighted by Gasteiger charge is 2.41. The minimum Gasteiger partial charge on any atom is -0.457 e. The Hall–Kier alpha value is -2.37. The van der Waals surface area contributed by atoms with E-state index in [1.165, 1.54) is 12.5 Å². The number of aliphatic hydroxyl groups excluding tert-OH is 1. The molecule has 1 saturated heterocycles. The predicted octanol–water partition coefficient (Wildman–Crippen LogP) is 3.19. The van der Waals surface area contributed by atoms with Crippen LogP contribution in [0.5, 0.6) is 11.5 Å². The maximum atomic E-state index is 11.4. The zero-order valence-electron chi connectivity index (χ0n) is 16.3. The Bertz CT molecular complexity index is 811. The van der Waals surface area contributed by atoms with Gasteiger partial charge in [0.05, 0.1) is 12.1 Å². The Morgan fingerprint density at radius 2 is 1.79 bits per heavy atom. The molecule has 2 fully saturated rings. The quantitative estimate of drug-likeness (QED) is 0.836. The van der Waals surface area contributed by atoms with E-state index >= 15 is 0 Å². The molecule has 5 heteroatoms. The summed E-state index contributed by atoms with van der Waals surface area (Å²) in [6.45, 7) is 4.40. The fraction of sp³-hybridized carbons (Fsp3) is 0.435. The van der Waals surface area contributed by atoms with E-state index in [1.54, 1.807) is 0 Å². The van der Waals surface area contributed by atoms with Crippen LogP contribution in [0.2, 0.25) is 0 Å². The second kappa shape index (κ2) is 8.33. The number of carbonyl (C=O) groups excluding carboxylic acids is 1. The summed E-state index contributed by atoms with van der Waals surface area (Å²) in [6.07, 6.45) is 1.19. The molecule has 1 aliphatic heterocycles. The zero-order chi connectivity index (χ0) is 19.5. The highest BCUT2D eigenvalue weighted by atomic mass is 16.5. The first-order valence-corrected chi connectivity index (χ1v) is 10.1. The molecule has 148 valence electrons. The maximum absolute atomic E-state index is 11.4. The van der Waals surface area contributed by atoms with Gasteiger partial charge in [0.1, 0.15) is 11.5 Å². The number of fused-ring (bicyclic) bond motifs is 1. The van der Waals surface area contributed by atoms with Gasteiger partial charge in [0.2, 0.25) is 5.91 Å². The summed E-state index contributed by atoms with van der Waals surface area (Å²) < 4.78 is 5.95. The topological polar surface area (TPSA) is 61.8 Å². The number of nitrogens with one attached hydrogen (secondary N) is 1. The molecule has 0 spiro atoms. The number of likely N-dealkylation sites (tertiary alicyclic amines) is 1. The van der Waals surface area contributed by atoms with Gasteiger partial charge in [-0.15, -0.1) is 0 Å². The Labute approximate surface area is 166 Å². The highest BCUT2D eigenvalue weighted by molar-refractivity contribution is 5.73. The third-order valence-corrected chi connectivity index (χ3v) is 5.89. The lowest BCUT2D eigenvalue weighted by atomic mass is 9.77. The molecule has 1 aliphatic carbocycles. The zero-order valence-corrected chi connectivity index (χ0v) is 16.3. The van der Waals surface area contributed by atoms with Crippen LogP contribution in [0.4, 0.5) is 0 Å². The third-order valence-electron chi connectivity index (χ3n) is 5.89. The van der Waals surface area contributed by atoms with Crippen LogP contribution in [0, 0.1) is 11.8 Å². The smallest absolute Gasteiger partial charge is 0.217 e. The number of aliphatic hydroxyl groups is 1. The monoisotopic (exact) mass is 380 g/mol. The number of hydrogen-bond acceptors (Lipinski definition) is 4. The van der Waals surface area contributed by atoms with Crippen molar-refractivity contribution in [1.29, 1.82) is 0 Å². The van der Waals surface area contributed by atoms with Crippen molar-refractivity contribution in [2.45, 2.75) is 38.5 Å². The first kappa shape index (κ1) is 19.0. The highest BCUT2D eigenvalue weighted by Crippen LogP contribution is 2.37. The van der Waals surface area contributed by atoms with E-state index in [2.05, 4.69) is 22.3 Å². The largest absolute Gasteiger partial charge is 0.457 e. The molecule has 2 N–H and O–H groups in total. The lowest BCUT2D eigenvalue weighted by Crippen LogP contribution is -2.48. The average Bonchev–Trinajstić information content (AvgIpc) is 3.03. The summed E-state index contributed by atoms with van der Waals surface area (Å²) in [5.41, 5.74) is 1.23. The minimum atomic E-state index is -0.437. The van der Waals surface area contributed by atoms with Crippen molar-refractivity contribution < 1.29 is 14.6 Å². The summed E-state index contributed by atoms with van der Waals surface area (Å²) in [5, 5.41) is 13.3. The summed E-state index contributed by atoms with van der Waals surface area (Å²) in [7, 11) is 0. The lowest BCUT2D eigenvalue weighted by molar-refractivity contribution is -0.121. The Kier molecular flexibility index (Phi) is 5.64. The standard InChI is InChI=1S/C23H28N2O3/c1-16(26)24-22-11-18-14-25(15-19(18)12-23(22)27)13-17-6-5-9-21(10-17)28-20-7-3-2-4-8-20/h2-10,18-19,22-23,27H,11-15H2,1H3,(H,24,26)/t18-,19+,22-,23-/m1/s1. The van der Waals surface area contributed by atoms with E-state index < -0.39 is 6.10 Å². The Balaban J connectivity index is 1.37. The molecule has 1 amide bonds.